The lowest BCUT2D eigenvalue weighted by Gasteiger charge is -2.49. The van der Waals surface area contributed by atoms with Gasteiger partial charge in [-0.25, -0.2) is 4.79 Å². The van der Waals surface area contributed by atoms with Crippen LogP contribution >= 0.6 is 0 Å². The molecular weight excluding hydrogens is 654 g/mol. The van der Waals surface area contributed by atoms with Gasteiger partial charge in [-0.15, -0.1) is 0 Å². The van der Waals surface area contributed by atoms with Gasteiger partial charge in [0.05, 0.1) is 18.8 Å². The predicted octanol–water partition coefficient (Wildman–Crippen LogP) is 5.11. The largest absolute Gasteiger partial charge is 0.462 e. The second-order valence-corrected chi connectivity index (χ2v) is 14.8. The molecule has 0 aromatic heterocycles. The highest BCUT2D eigenvalue weighted by Crippen LogP contribution is 2.47. The van der Waals surface area contributed by atoms with Gasteiger partial charge in [-0.1, -0.05) is 79.7 Å². The van der Waals surface area contributed by atoms with Crippen molar-refractivity contribution in [3.63, 3.8) is 0 Å². The van der Waals surface area contributed by atoms with Crippen molar-refractivity contribution < 1.29 is 48.3 Å². The summed E-state index contributed by atoms with van der Waals surface area (Å²) in [6.07, 6.45) is 7.89. The van der Waals surface area contributed by atoms with Crippen LogP contribution in [0.25, 0.3) is 0 Å². The van der Waals surface area contributed by atoms with Gasteiger partial charge in [0.15, 0.2) is 11.5 Å². The average Bonchev–Trinajstić information content (AvgIpc) is 3.44. The third-order valence-electron chi connectivity index (χ3n) is 11.2. The molecule has 2 bridgehead atoms. The van der Waals surface area contributed by atoms with E-state index in [0.717, 1.165) is 12.0 Å². The van der Waals surface area contributed by atoms with E-state index in [1.807, 2.05) is 39.0 Å². The Morgan fingerprint density at radius 3 is 2.55 bits per heavy atom. The first-order valence-electron chi connectivity index (χ1n) is 18.0. The van der Waals surface area contributed by atoms with E-state index in [2.05, 4.69) is 12.1 Å². The van der Waals surface area contributed by atoms with Gasteiger partial charge in [-0.3, -0.25) is 4.79 Å². The Balaban J connectivity index is 1.39. The van der Waals surface area contributed by atoms with Gasteiger partial charge in [0.2, 0.25) is 0 Å². The number of aliphatic hydroxyl groups excluding tert-OH is 1. The van der Waals surface area contributed by atoms with Gasteiger partial charge >= 0.3 is 11.9 Å². The summed E-state index contributed by atoms with van der Waals surface area (Å²) in [5.74, 6) is -3.26. The zero-order valence-electron chi connectivity index (χ0n) is 30.3. The van der Waals surface area contributed by atoms with E-state index in [1.165, 1.54) is 7.11 Å². The second kappa shape index (κ2) is 15.2. The number of nitrogens with zero attached hydrogens (tertiary/aromatic N) is 1. The summed E-state index contributed by atoms with van der Waals surface area (Å²) in [6.45, 7) is 9.77. The smallest absolute Gasteiger partial charge is 0.361 e. The molecule has 3 fully saturated rings. The molecule has 2 unspecified atom stereocenters. The molecule has 11 heteroatoms. The first kappa shape index (κ1) is 37.2. The fraction of sp³-hybridized carbons (Fsp3) is 0.575. The first-order valence-corrected chi connectivity index (χ1v) is 18.0. The third kappa shape index (κ3) is 7.50. The Hall–Kier alpha value is -3.61. The van der Waals surface area contributed by atoms with Crippen LogP contribution in [0.3, 0.4) is 0 Å². The van der Waals surface area contributed by atoms with Crippen LogP contribution < -0.4 is 0 Å². The van der Waals surface area contributed by atoms with Crippen LogP contribution in [-0.4, -0.2) is 89.6 Å². The van der Waals surface area contributed by atoms with Crippen LogP contribution in [-0.2, 0) is 38.1 Å². The van der Waals surface area contributed by atoms with E-state index >= 15 is 0 Å². The average molecular weight is 706 g/mol. The van der Waals surface area contributed by atoms with E-state index in [4.69, 9.17) is 28.5 Å². The fourth-order valence-corrected chi connectivity index (χ4v) is 8.06. The number of fused-ring (bicyclic) bond motifs is 2. The molecule has 276 valence electrons. The van der Waals surface area contributed by atoms with Crippen molar-refractivity contribution in [3.8, 4) is 0 Å². The summed E-state index contributed by atoms with van der Waals surface area (Å²) in [4.78, 5) is 32.8. The van der Waals surface area contributed by atoms with Crippen LogP contribution in [0.15, 0.2) is 82.6 Å². The molecule has 0 amide bonds. The van der Waals surface area contributed by atoms with Crippen LogP contribution in [0.5, 0.6) is 0 Å². The Morgan fingerprint density at radius 2 is 1.82 bits per heavy atom. The SMILES string of the molecule is CO/N=C(/C(=O)OC1/C(C)=C/C[C@@H]2CC(C[C@]3(CC[C@H](C)[C@@H](C)O3)O2)OC(=O)[C@@H]2C=C(C)[C@@H](O)[C@H]3OC/C(=C\C=C\[C@@H]1C)[C@]32O)c1ccccc1. The lowest BCUT2D eigenvalue weighted by molar-refractivity contribution is -0.332. The van der Waals surface area contributed by atoms with Crippen molar-refractivity contribution in [1.29, 1.82) is 0 Å². The van der Waals surface area contributed by atoms with Gasteiger partial charge in [0.25, 0.3) is 0 Å². The highest BCUT2D eigenvalue weighted by molar-refractivity contribution is 6.43. The molecule has 4 heterocycles. The number of esters is 2. The van der Waals surface area contributed by atoms with E-state index < -0.39 is 53.7 Å². The number of rotatable bonds is 4. The van der Waals surface area contributed by atoms with Crippen molar-refractivity contribution in [1.82, 2.24) is 0 Å². The number of hydrogen-bond acceptors (Lipinski definition) is 11. The number of carbonyl (C=O) groups excluding carboxylic acids is 2. The Labute approximate surface area is 299 Å². The Kier molecular flexibility index (Phi) is 11.0. The second-order valence-electron chi connectivity index (χ2n) is 14.8. The van der Waals surface area contributed by atoms with Crippen molar-refractivity contribution in [2.24, 2.45) is 22.9 Å². The van der Waals surface area contributed by atoms with Gasteiger partial charge in [-0.2, -0.15) is 0 Å². The molecule has 0 radical (unpaired) electrons. The molecule has 1 aromatic carbocycles. The number of hydrogen-bond donors (Lipinski definition) is 2. The van der Waals surface area contributed by atoms with E-state index in [1.54, 1.807) is 49.4 Å². The number of ether oxygens (including phenoxy) is 5. The lowest BCUT2D eigenvalue weighted by Crippen LogP contribution is -2.58. The molecule has 1 aliphatic carbocycles. The fourth-order valence-electron chi connectivity index (χ4n) is 8.06. The van der Waals surface area contributed by atoms with Crippen LogP contribution in [0.1, 0.15) is 72.3 Å². The van der Waals surface area contributed by atoms with Gasteiger partial charge in [0.1, 0.15) is 43.0 Å². The predicted molar refractivity (Wildman–Crippen MR) is 188 cm³/mol. The summed E-state index contributed by atoms with van der Waals surface area (Å²) in [7, 11) is 1.38. The molecule has 2 N–H and O–H groups in total. The summed E-state index contributed by atoms with van der Waals surface area (Å²) >= 11 is 0. The molecule has 0 saturated carbocycles. The number of benzene rings is 1. The molecule has 5 aliphatic rings. The monoisotopic (exact) mass is 705 g/mol. The van der Waals surface area contributed by atoms with E-state index in [9.17, 15) is 19.8 Å². The minimum Gasteiger partial charge on any atom is -0.462 e. The first-order chi connectivity index (χ1) is 24.3. The summed E-state index contributed by atoms with van der Waals surface area (Å²) in [5, 5.41) is 27.3. The summed E-state index contributed by atoms with van der Waals surface area (Å²) in [5.41, 5.74) is 0.527. The van der Waals surface area contributed by atoms with Crippen molar-refractivity contribution in [3.05, 3.63) is 83.0 Å². The number of carbonyl (C=O) groups is 2. The van der Waals surface area contributed by atoms with Crippen LogP contribution in [0, 0.1) is 17.8 Å². The topological polar surface area (TPSA) is 142 Å². The quantitative estimate of drug-likeness (QED) is 0.188. The molecule has 11 nitrogen and oxygen atoms in total. The molecule has 1 aromatic rings. The number of aliphatic hydroxyl groups is 2. The normalized spacial score (nSPS) is 41.6. The Morgan fingerprint density at radius 1 is 1.06 bits per heavy atom. The molecule has 11 atom stereocenters. The maximum Gasteiger partial charge on any atom is 0.361 e. The minimum absolute atomic E-state index is 0.0134. The zero-order valence-corrected chi connectivity index (χ0v) is 30.3. The highest BCUT2D eigenvalue weighted by atomic mass is 16.7. The molecule has 4 aliphatic heterocycles. The standard InChI is InChI=1S/C40H51NO10/c1-23-17-18-39(50-27(23)5)21-31-20-30(51-39)16-15-25(3)35(49-38(44)33(41-46-6)28-12-8-7-9-13-28)24(2)11-10-14-29-22-47-36-34(42)26(4)19-32(37(43)48-31)40(29,36)45/h7-15,19,23-24,27,30-32,34-36,42,45H,16-18,20-22H2,1-6H3/b11-10+,25-15+,29-14+,41-33+/t23-,24-,27+,30+,31?,32-,34+,35?,36+,39-,40+/m0/s1. The molecule has 1 spiro atoms. The summed E-state index contributed by atoms with van der Waals surface area (Å²) in [6, 6.07) is 8.99. The van der Waals surface area contributed by atoms with Gasteiger partial charge < -0.3 is 38.7 Å². The van der Waals surface area contributed by atoms with E-state index in [0.29, 0.717) is 48.3 Å². The molecule has 3 saturated heterocycles. The van der Waals surface area contributed by atoms with Gasteiger partial charge in [0, 0.05) is 30.7 Å². The van der Waals surface area contributed by atoms with Crippen molar-refractivity contribution in [2.75, 3.05) is 13.7 Å². The van der Waals surface area contributed by atoms with Crippen LogP contribution in [0.4, 0.5) is 0 Å². The summed E-state index contributed by atoms with van der Waals surface area (Å²) < 4.78 is 31.7. The Bertz CT molecular complexity index is 1620. The van der Waals surface area contributed by atoms with Gasteiger partial charge in [-0.05, 0) is 56.3 Å². The maximum absolute atomic E-state index is 14.1. The highest BCUT2D eigenvalue weighted by Gasteiger charge is 2.60. The lowest BCUT2D eigenvalue weighted by atomic mass is 9.71. The molecule has 6 rings (SSSR count). The van der Waals surface area contributed by atoms with Crippen molar-refractivity contribution in [2.45, 2.75) is 115 Å². The molecular formula is C40H51NO10. The minimum atomic E-state index is -1.84. The number of oxime groups is 1. The third-order valence-corrected chi connectivity index (χ3v) is 11.2. The zero-order chi connectivity index (χ0) is 36.5. The van der Waals surface area contributed by atoms with Crippen LogP contribution in [0.2, 0.25) is 0 Å². The maximum atomic E-state index is 14.1. The van der Waals surface area contributed by atoms with E-state index in [-0.39, 0.29) is 30.4 Å². The molecule has 51 heavy (non-hydrogen) atoms. The van der Waals surface area contributed by atoms with Crippen molar-refractivity contribution >= 4 is 17.7 Å². The number of allylic oxidation sites excluding steroid dienone is 2.